The number of phenols is 2. The van der Waals surface area contributed by atoms with Gasteiger partial charge in [-0.05, 0) is 70.4 Å². The molecule has 0 aromatic heterocycles. The van der Waals surface area contributed by atoms with Crippen LogP contribution in [0.2, 0.25) is 0 Å². The molecule has 7 rings (SSSR count). The summed E-state index contributed by atoms with van der Waals surface area (Å²) >= 11 is 0. The number of hydrogen-bond donors (Lipinski definition) is 3. The molecule has 5 amide bonds. The smallest absolute Gasteiger partial charge is 0.340 e. The Kier molecular flexibility index (Phi) is 10.8. The van der Waals surface area contributed by atoms with Crippen LogP contribution in [0.15, 0.2) is 60.7 Å². The number of ether oxygens (including phenoxy) is 2. The number of carbonyl (C=O) groups excluding carboxylic acids is 5. The van der Waals surface area contributed by atoms with Crippen molar-refractivity contribution in [1.29, 1.82) is 0 Å². The lowest BCUT2D eigenvalue weighted by atomic mass is 9.76. The highest BCUT2D eigenvalue weighted by molar-refractivity contribution is 6.12. The summed E-state index contributed by atoms with van der Waals surface area (Å²) in [6.45, 7) is 21.6. The molecule has 0 bridgehead atoms. The molecular weight excluding hydrogens is 777 g/mol. The van der Waals surface area contributed by atoms with Crippen LogP contribution < -0.4 is 30.3 Å². The molecular formula is C48H50N4O9. The Bertz CT molecular complexity index is 2690. The Hall–Kier alpha value is -6.89. The van der Waals surface area contributed by atoms with Gasteiger partial charge in [0.1, 0.15) is 23.0 Å². The molecule has 3 N–H and O–H groups in total. The molecule has 4 aromatic carbocycles. The number of fused-ring (bicyclic) bond motifs is 6. The van der Waals surface area contributed by atoms with E-state index in [4.69, 9.17) is 9.47 Å². The van der Waals surface area contributed by atoms with E-state index in [0.717, 1.165) is 4.90 Å². The fourth-order valence-electron chi connectivity index (χ4n) is 8.87. The van der Waals surface area contributed by atoms with Gasteiger partial charge in [-0.25, -0.2) is 9.59 Å². The quantitative estimate of drug-likeness (QED) is 0.0714. The van der Waals surface area contributed by atoms with Crippen LogP contribution in [0.1, 0.15) is 89.8 Å². The minimum absolute atomic E-state index is 0.0583. The van der Waals surface area contributed by atoms with Crippen molar-refractivity contribution < 1.29 is 43.7 Å². The van der Waals surface area contributed by atoms with Gasteiger partial charge in [-0.15, -0.1) is 0 Å². The van der Waals surface area contributed by atoms with E-state index in [9.17, 15) is 34.2 Å². The first-order chi connectivity index (χ1) is 28.9. The van der Waals surface area contributed by atoms with E-state index in [2.05, 4.69) is 18.5 Å². The van der Waals surface area contributed by atoms with Crippen LogP contribution in [-0.4, -0.2) is 71.0 Å². The van der Waals surface area contributed by atoms with Crippen LogP contribution in [0.5, 0.6) is 23.0 Å². The van der Waals surface area contributed by atoms with E-state index < -0.39 is 23.0 Å². The number of imide groups is 1. The fraction of sp³-hybridized carbons (Fsp3) is 0.312. The van der Waals surface area contributed by atoms with Gasteiger partial charge < -0.3 is 29.9 Å². The molecule has 13 heteroatoms. The lowest BCUT2D eigenvalue weighted by Crippen LogP contribution is -2.42. The van der Waals surface area contributed by atoms with Crippen molar-refractivity contribution in [1.82, 2.24) is 10.2 Å². The van der Waals surface area contributed by atoms with Gasteiger partial charge in [0.15, 0.2) is 5.60 Å². The van der Waals surface area contributed by atoms with Crippen LogP contribution in [-0.2, 0) is 30.1 Å². The highest BCUT2D eigenvalue weighted by Gasteiger charge is 2.54. The number of rotatable bonds is 11. The third-order valence-corrected chi connectivity index (χ3v) is 12.0. The number of nitrogens with one attached hydrogen (secondary N) is 1. The predicted octanol–water partition coefficient (Wildman–Crippen LogP) is 5.98. The highest BCUT2D eigenvalue weighted by Crippen LogP contribution is 2.58. The number of phenolic OH excluding ortho intramolecular Hbond substituents is 2. The highest BCUT2D eigenvalue weighted by atomic mass is 16.6. The molecule has 316 valence electrons. The summed E-state index contributed by atoms with van der Waals surface area (Å²) in [6, 6.07) is 14.1. The van der Waals surface area contributed by atoms with Crippen molar-refractivity contribution in [2.24, 2.45) is 0 Å². The molecule has 0 fully saturated rings. The summed E-state index contributed by atoms with van der Waals surface area (Å²) in [5.74, 6) is -1.05. The normalized spacial score (nSPS) is 16.2. The summed E-state index contributed by atoms with van der Waals surface area (Å²) in [5, 5.41) is 25.4. The fourth-order valence-corrected chi connectivity index (χ4v) is 8.87. The van der Waals surface area contributed by atoms with Crippen LogP contribution in [0.3, 0.4) is 0 Å². The maximum atomic E-state index is 14.4. The number of amides is 5. The number of urea groups is 1. The lowest BCUT2D eigenvalue weighted by molar-refractivity contribution is -0.136. The standard InChI is InChI=1S/C48H50N4O9/c1-10-50(41(55)25-47(8,9)42-30(7)43(56)28(5)29(6)44(42)57)35-23-37-33(21-26(35)3)48(32-16-13-12-15-31(32)45(58)61-48)34-22-27(4)36(24-38(34)60-37)51(11-2)46(59)49-19-14-20-52-39(53)17-18-40(52)54/h12-13,15-18,21-24,56-57H,6-7,10-11,14,19-20,25H2,1-5,8-9H3,(H,49,59). The van der Waals surface area contributed by atoms with E-state index in [1.165, 1.54) is 12.2 Å². The summed E-state index contributed by atoms with van der Waals surface area (Å²) in [5.41, 5.74) is 3.04. The minimum atomic E-state index is -1.42. The number of hydrogen-bond acceptors (Lipinski definition) is 9. The second-order valence-electron chi connectivity index (χ2n) is 16.3. The van der Waals surface area contributed by atoms with Crippen molar-refractivity contribution in [2.75, 3.05) is 36.0 Å². The first kappa shape index (κ1) is 42.2. The van der Waals surface area contributed by atoms with Crippen molar-refractivity contribution in [3.63, 3.8) is 0 Å². The molecule has 13 nitrogen and oxygen atoms in total. The number of aryl methyl sites for hydroxylation is 2. The summed E-state index contributed by atoms with van der Waals surface area (Å²) in [6.07, 6.45) is 2.75. The molecule has 1 spiro atoms. The average Bonchev–Trinajstić information content (AvgIpc) is 3.70. The van der Waals surface area contributed by atoms with Crippen molar-refractivity contribution in [3.8, 4) is 23.0 Å². The van der Waals surface area contributed by atoms with E-state index in [-0.39, 0.29) is 72.3 Å². The monoisotopic (exact) mass is 826 g/mol. The zero-order valence-corrected chi connectivity index (χ0v) is 35.5. The first-order valence-electron chi connectivity index (χ1n) is 20.3. The maximum absolute atomic E-state index is 14.4. The van der Waals surface area contributed by atoms with Crippen LogP contribution >= 0.6 is 0 Å². The van der Waals surface area contributed by atoms with Gasteiger partial charge in [0.05, 0.1) is 16.9 Å². The van der Waals surface area contributed by atoms with Crippen LogP contribution in [0.4, 0.5) is 16.2 Å². The number of aromatic hydroxyl groups is 2. The second-order valence-corrected chi connectivity index (χ2v) is 16.3. The van der Waals surface area contributed by atoms with Gasteiger partial charge in [-0.1, -0.05) is 45.2 Å². The molecule has 3 aliphatic rings. The zero-order chi connectivity index (χ0) is 44.3. The minimum Gasteiger partial charge on any atom is -0.507 e. The number of esters is 1. The summed E-state index contributed by atoms with van der Waals surface area (Å²) in [4.78, 5) is 70.0. The average molecular weight is 827 g/mol. The molecule has 4 aromatic rings. The Morgan fingerprint density at radius 3 is 1.98 bits per heavy atom. The third kappa shape index (κ3) is 6.87. The summed E-state index contributed by atoms with van der Waals surface area (Å²) in [7, 11) is 0. The van der Waals surface area contributed by atoms with Gasteiger partial charge >= 0.3 is 12.0 Å². The summed E-state index contributed by atoms with van der Waals surface area (Å²) < 4.78 is 13.2. The Morgan fingerprint density at radius 1 is 0.820 bits per heavy atom. The SMILES string of the molecule is C=c1c(C)c(O)c(=C)c(C(C)(C)CC(=O)N(CC)c2cc3c(cc2C)C2(OC(=O)c4ccccc42)c2cc(C)c(N(CC)C(=O)NCCCN4C(=O)C=CC4=O)cc2O3)c1O. The van der Waals surface area contributed by atoms with Gasteiger partial charge in [-0.2, -0.15) is 0 Å². The molecule has 1 atom stereocenters. The number of nitrogens with zero attached hydrogens (tertiary/aromatic N) is 3. The Morgan fingerprint density at radius 2 is 1.39 bits per heavy atom. The third-order valence-electron chi connectivity index (χ3n) is 12.0. The largest absolute Gasteiger partial charge is 0.507 e. The molecule has 3 aliphatic heterocycles. The van der Waals surface area contributed by atoms with Gasteiger partial charge in [0.2, 0.25) is 5.91 Å². The maximum Gasteiger partial charge on any atom is 0.340 e. The van der Waals surface area contributed by atoms with E-state index in [1.54, 1.807) is 41.0 Å². The van der Waals surface area contributed by atoms with E-state index in [0.29, 0.717) is 73.8 Å². The molecule has 0 radical (unpaired) electrons. The number of carbonyl (C=O) groups is 5. The van der Waals surface area contributed by atoms with Gasteiger partial charge in [-0.3, -0.25) is 24.2 Å². The molecule has 0 saturated heterocycles. The van der Waals surface area contributed by atoms with E-state index in [1.807, 2.05) is 65.8 Å². The van der Waals surface area contributed by atoms with Crippen LogP contribution in [0.25, 0.3) is 13.2 Å². The van der Waals surface area contributed by atoms with Gasteiger partial charge in [0.25, 0.3) is 11.8 Å². The Labute approximate surface area is 354 Å². The van der Waals surface area contributed by atoms with Crippen molar-refractivity contribution in [2.45, 2.75) is 72.3 Å². The van der Waals surface area contributed by atoms with Gasteiger partial charge in [0, 0.05) is 101 Å². The van der Waals surface area contributed by atoms with E-state index >= 15 is 0 Å². The van der Waals surface area contributed by atoms with Crippen LogP contribution in [0, 0.1) is 20.8 Å². The van der Waals surface area contributed by atoms with Crippen molar-refractivity contribution in [3.05, 3.63) is 116 Å². The molecule has 1 unspecified atom stereocenters. The molecule has 61 heavy (non-hydrogen) atoms. The number of anilines is 2. The second kappa shape index (κ2) is 15.6. The molecule has 0 aliphatic carbocycles. The lowest BCUT2D eigenvalue weighted by Gasteiger charge is -2.39. The van der Waals surface area contributed by atoms with Crippen molar-refractivity contribution >= 4 is 54.3 Å². The predicted molar refractivity (Wildman–Crippen MR) is 232 cm³/mol. The zero-order valence-electron chi connectivity index (χ0n) is 35.5. The number of benzene rings is 4. The first-order valence-corrected chi connectivity index (χ1v) is 20.3. The topological polar surface area (TPSA) is 166 Å². The Balaban J connectivity index is 1.26. The molecule has 3 heterocycles. The molecule has 0 saturated carbocycles.